The van der Waals surface area contributed by atoms with E-state index in [4.69, 9.17) is 32.9 Å². The monoisotopic (exact) mass is 583 g/mol. The van der Waals surface area contributed by atoms with Gasteiger partial charge in [-0.05, 0) is 53.5 Å². The average Bonchev–Trinajstić information content (AvgIpc) is 3.44. The Kier molecular flexibility index (Phi) is 7.45. The maximum absolute atomic E-state index is 14.2. The van der Waals surface area contributed by atoms with Gasteiger partial charge in [-0.3, -0.25) is 4.79 Å². The number of alkyl halides is 6. The number of carbonyl (C=O) groups excluding carboxylic acids is 1. The van der Waals surface area contributed by atoms with Gasteiger partial charge in [-0.25, -0.2) is 0 Å². The molecule has 2 atom stereocenters. The highest BCUT2D eigenvalue weighted by molar-refractivity contribution is 6.34. The summed E-state index contributed by atoms with van der Waals surface area (Å²) in [5.74, 6) is -0.970. The summed E-state index contributed by atoms with van der Waals surface area (Å²) in [6.45, 7) is -0.00356. The Hall–Kier alpha value is -3.19. The van der Waals surface area contributed by atoms with Crippen LogP contribution in [-0.2, 0) is 20.0 Å². The van der Waals surface area contributed by atoms with Gasteiger partial charge < -0.3 is 19.7 Å². The molecule has 2 aliphatic rings. The van der Waals surface area contributed by atoms with Crippen LogP contribution in [-0.4, -0.2) is 42.7 Å². The number of carbonyl (C=O) groups is 1. The molecule has 2 unspecified atom stereocenters. The predicted molar refractivity (Wildman–Crippen MR) is 124 cm³/mol. The zero-order valence-electron chi connectivity index (χ0n) is 19.2. The van der Waals surface area contributed by atoms with Crippen LogP contribution in [0.2, 0.25) is 10.0 Å². The van der Waals surface area contributed by atoms with Crippen LogP contribution in [0.15, 0.2) is 46.7 Å². The van der Waals surface area contributed by atoms with Crippen molar-refractivity contribution in [2.75, 3.05) is 6.61 Å². The topological polar surface area (TPSA) is 81.5 Å². The number of benzene rings is 2. The van der Waals surface area contributed by atoms with Gasteiger partial charge >= 0.3 is 12.4 Å². The van der Waals surface area contributed by atoms with Crippen molar-refractivity contribution in [3.05, 3.63) is 68.7 Å². The number of oxime groups is 2. The molecule has 2 heterocycles. The number of amides is 1. The fourth-order valence-corrected chi connectivity index (χ4v) is 4.38. The first-order chi connectivity index (χ1) is 17.7. The van der Waals surface area contributed by atoms with E-state index in [1.807, 2.05) is 0 Å². The minimum absolute atomic E-state index is 0.00457. The van der Waals surface area contributed by atoms with Crippen LogP contribution < -0.4 is 5.32 Å². The Bertz CT molecular complexity index is 1290. The summed E-state index contributed by atoms with van der Waals surface area (Å²) in [6.07, 6.45) is -11.4. The van der Waals surface area contributed by atoms with E-state index in [1.165, 1.54) is 24.3 Å². The van der Waals surface area contributed by atoms with Gasteiger partial charge in [0.05, 0.1) is 12.1 Å². The number of hydrogen-bond donors (Lipinski definition) is 1. The third-order valence-corrected chi connectivity index (χ3v) is 6.09. The Morgan fingerprint density at radius 2 is 1.79 bits per heavy atom. The molecule has 0 fully saturated rings. The van der Waals surface area contributed by atoms with Crippen molar-refractivity contribution < 1.29 is 45.5 Å². The molecule has 0 saturated heterocycles. The molecule has 0 radical (unpaired) electrons. The van der Waals surface area contributed by atoms with Crippen molar-refractivity contribution in [1.82, 2.24) is 5.32 Å². The fraction of sp³-hybridized carbons (Fsp3) is 0.348. The molecular weight excluding hydrogens is 567 g/mol. The minimum Gasteiger partial charge on any atom is -0.469 e. The predicted octanol–water partition coefficient (Wildman–Crippen LogP) is 6.25. The molecule has 1 amide bonds. The highest BCUT2D eigenvalue weighted by Crippen LogP contribution is 2.49. The molecule has 2 aromatic carbocycles. The Balaban J connectivity index is 1.46. The normalized spacial score (nSPS) is 21.3. The molecule has 4 rings (SSSR count). The first-order valence-corrected chi connectivity index (χ1v) is 11.5. The molecule has 7 nitrogen and oxygen atoms in total. The molecule has 38 heavy (non-hydrogen) atoms. The smallest absolute Gasteiger partial charge is 0.435 e. The van der Waals surface area contributed by atoms with Crippen LogP contribution in [0.1, 0.15) is 39.9 Å². The zero-order chi connectivity index (χ0) is 27.9. The van der Waals surface area contributed by atoms with Crippen LogP contribution in [0.5, 0.6) is 0 Å². The maximum atomic E-state index is 14.2. The lowest BCUT2D eigenvalue weighted by Gasteiger charge is -2.29. The SMILES string of the molecule is Cc1cc(C2=NOC(c3cc(Cl)cc(Cl)c3)(C(F)(F)F)C2)ccc1C(=O)NC1CC(OCC(F)(F)F)=NO1. The zero-order valence-corrected chi connectivity index (χ0v) is 20.7. The minimum atomic E-state index is -4.87. The number of aryl methyl sites for hydroxylation is 1. The van der Waals surface area contributed by atoms with Gasteiger partial charge in [-0.15, -0.1) is 0 Å². The summed E-state index contributed by atoms with van der Waals surface area (Å²) >= 11 is 11.8. The van der Waals surface area contributed by atoms with Crippen molar-refractivity contribution in [2.45, 2.75) is 43.9 Å². The standard InChI is InChI=1S/C23H17Cl2F6N3O4/c1-11-4-12(2-3-16(11)20(35)32-18-8-19(34-37-18)36-10-22(26,27)28)17-9-21(38-33-17,23(29,30)31)13-5-14(24)7-15(25)6-13/h2-7,18H,8-10H2,1H3,(H,32,35). The molecule has 1 N–H and O–H groups in total. The third kappa shape index (κ3) is 5.93. The molecule has 0 aliphatic carbocycles. The van der Waals surface area contributed by atoms with Crippen LogP contribution in [0.4, 0.5) is 26.3 Å². The molecular formula is C23H17Cl2F6N3O4. The second-order valence-corrected chi connectivity index (χ2v) is 9.35. The number of ether oxygens (including phenoxy) is 1. The molecule has 0 bridgehead atoms. The number of hydrogen-bond acceptors (Lipinski definition) is 6. The van der Waals surface area contributed by atoms with Gasteiger partial charge in [0.1, 0.15) is 0 Å². The number of nitrogens with one attached hydrogen (secondary N) is 1. The number of halogens is 8. The average molecular weight is 584 g/mol. The summed E-state index contributed by atoms with van der Waals surface area (Å²) in [7, 11) is 0. The molecule has 0 aromatic heterocycles. The molecule has 15 heteroatoms. The molecule has 2 aromatic rings. The quantitative estimate of drug-likeness (QED) is 0.422. The van der Waals surface area contributed by atoms with E-state index in [2.05, 4.69) is 20.4 Å². The van der Waals surface area contributed by atoms with Crippen molar-refractivity contribution in [1.29, 1.82) is 0 Å². The largest absolute Gasteiger partial charge is 0.469 e. The summed E-state index contributed by atoms with van der Waals surface area (Å²) < 4.78 is 83.9. The second-order valence-electron chi connectivity index (χ2n) is 8.48. The van der Waals surface area contributed by atoms with Crippen molar-refractivity contribution in [3.8, 4) is 0 Å². The summed E-state index contributed by atoms with van der Waals surface area (Å²) in [5.41, 5.74) is -2.34. The third-order valence-electron chi connectivity index (χ3n) is 5.66. The Morgan fingerprint density at radius 1 is 1.11 bits per heavy atom. The van der Waals surface area contributed by atoms with E-state index >= 15 is 0 Å². The van der Waals surface area contributed by atoms with Gasteiger partial charge in [0.25, 0.3) is 11.5 Å². The first-order valence-electron chi connectivity index (χ1n) is 10.8. The highest BCUT2D eigenvalue weighted by Gasteiger charge is 2.62. The van der Waals surface area contributed by atoms with Crippen LogP contribution in [0.3, 0.4) is 0 Å². The van der Waals surface area contributed by atoms with Gasteiger partial charge in [0.15, 0.2) is 6.61 Å². The van der Waals surface area contributed by atoms with Crippen LogP contribution in [0.25, 0.3) is 0 Å². The van der Waals surface area contributed by atoms with E-state index in [0.29, 0.717) is 5.56 Å². The molecule has 2 aliphatic heterocycles. The van der Waals surface area contributed by atoms with E-state index in [0.717, 1.165) is 12.1 Å². The van der Waals surface area contributed by atoms with E-state index in [1.54, 1.807) is 6.92 Å². The lowest BCUT2D eigenvalue weighted by atomic mass is 9.86. The molecule has 0 saturated carbocycles. The first kappa shape index (κ1) is 27.8. The Labute approximate surface area is 221 Å². The molecule has 204 valence electrons. The maximum Gasteiger partial charge on any atom is 0.435 e. The lowest BCUT2D eigenvalue weighted by molar-refractivity contribution is -0.275. The second kappa shape index (κ2) is 10.2. The van der Waals surface area contributed by atoms with Gasteiger partial charge in [-0.2, -0.15) is 26.3 Å². The highest BCUT2D eigenvalue weighted by atomic mass is 35.5. The van der Waals surface area contributed by atoms with Crippen molar-refractivity contribution in [2.24, 2.45) is 10.3 Å². The van der Waals surface area contributed by atoms with E-state index < -0.39 is 43.1 Å². The summed E-state index contributed by atoms with van der Waals surface area (Å²) in [6, 6.07) is 7.71. The lowest BCUT2D eigenvalue weighted by Crippen LogP contribution is -2.42. The van der Waals surface area contributed by atoms with Gasteiger partial charge in [0, 0.05) is 27.6 Å². The van der Waals surface area contributed by atoms with Crippen LogP contribution in [0, 0.1) is 6.92 Å². The fourth-order valence-electron chi connectivity index (χ4n) is 3.85. The van der Waals surface area contributed by atoms with Gasteiger partial charge in [0.2, 0.25) is 12.1 Å². The Morgan fingerprint density at radius 3 is 2.39 bits per heavy atom. The summed E-state index contributed by atoms with van der Waals surface area (Å²) in [4.78, 5) is 22.5. The van der Waals surface area contributed by atoms with E-state index in [9.17, 15) is 31.1 Å². The van der Waals surface area contributed by atoms with Crippen molar-refractivity contribution in [3.63, 3.8) is 0 Å². The van der Waals surface area contributed by atoms with Gasteiger partial charge in [-0.1, -0.05) is 34.4 Å². The number of rotatable bonds is 5. The van der Waals surface area contributed by atoms with E-state index in [-0.39, 0.29) is 44.8 Å². The van der Waals surface area contributed by atoms with Crippen molar-refractivity contribution >= 4 is 40.7 Å². The summed E-state index contributed by atoms with van der Waals surface area (Å²) in [5, 5.41) is 9.49. The molecule has 0 spiro atoms. The number of nitrogens with zero attached hydrogens (tertiary/aromatic N) is 2. The van der Waals surface area contributed by atoms with Crippen LogP contribution >= 0.6 is 23.2 Å².